The first-order chi connectivity index (χ1) is 16.4. The Hall–Kier alpha value is -3.57. The van der Waals surface area contributed by atoms with Crippen LogP contribution in [0.1, 0.15) is 73.6 Å². The second-order valence-corrected chi connectivity index (χ2v) is 9.23. The number of terminal acetylenes is 1. The molecule has 176 valence electrons. The van der Waals surface area contributed by atoms with Gasteiger partial charge in [-0.05, 0) is 57.6 Å². The molecule has 8 nitrogen and oxygen atoms in total. The van der Waals surface area contributed by atoms with Crippen LogP contribution in [0.2, 0.25) is 0 Å². The van der Waals surface area contributed by atoms with E-state index in [4.69, 9.17) is 16.3 Å². The summed E-state index contributed by atoms with van der Waals surface area (Å²) in [6, 6.07) is 9.04. The highest BCUT2D eigenvalue weighted by atomic mass is 16.5. The number of ether oxygens (including phenoxy) is 1. The number of benzene rings is 1. The average Bonchev–Trinajstić information content (AvgIpc) is 3.59. The van der Waals surface area contributed by atoms with Gasteiger partial charge in [0.15, 0.2) is 0 Å². The third-order valence-corrected chi connectivity index (χ3v) is 6.82. The predicted octanol–water partition coefficient (Wildman–Crippen LogP) is 3.57. The number of nitrogens with zero attached hydrogens (tertiary/aromatic N) is 3. The van der Waals surface area contributed by atoms with Crippen molar-refractivity contribution in [2.24, 2.45) is 0 Å². The summed E-state index contributed by atoms with van der Waals surface area (Å²) in [6.07, 6.45) is 12.0. The van der Waals surface area contributed by atoms with Gasteiger partial charge in [0, 0.05) is 40.4 Å². The summed E-state index contributed by atoms with van der Waals surface area (Å²) < 4.78 is 8.70. The van der Waals surface area contributed by atoms with Crippen LogP contribution >= 0.6 is 0 Å². The summed E-state index contributed by atoms with van der Waals surface area (Å²) >= 11 is 0. The van der Waals surface area contributed by atoms with Crippen molar-refractivity contribution in [2.45, 2.75) is 63.0 Å². The lowest BCUT2D eigenvalue weighted by molar-refractivity contribution is -0.910. The molecule has 3 aromatic rings. The molecule has 3 N–H and O–H groups in total. The molecule has 0 aliphatic heterocycles. The lowest BCUT2D eigenvalue weighted by atomic mass is 9.83. The second kappa shape index (κ2) is 8.65. The molecular formula is C26H29N4O4+. The highest BCUT2D eigenvalue weighted by Crippen LogP contribution is 2.38. The van der Waals surface area contributed by atoms with E-state index in [0.717, 1.165) is 47.0 Å². The van der Waals surface area contributed by atoms with E-state index in [1.54, 1.807) is 12.1 Å². The molecule has 0 atom stereocenters. The number of aliphatic hydroxyl groups is 1. The summed E-state index contributed by atoms with van der Waals surface area (Å²) in [7, 11) is 0. The summed E-state index contributed by atoms with van der Waals surface area (Å²) in [6.45, 7) is 2.31. The van der Waals surface area contributed by atoms with Gasteiger partial charge in [0.1, 0.15) is 11.4 Å². The third kappa shape index (κ3) is 4.19. The monoisotopic (exact) mass is 461 g/mol. The topological polar surface area (TPSA) is 100 Å². The van der Waals surface area contributed by atoms with E-state index in [1.807, 2.05) is 36.0 Å². The van der Waals surface area contributed by atoms with Gasteiger partial charge in [0.25, 0.3) is 0 Å². The van der Waals surface area contributed by atoms with Gasteiger partial charge in [-0.15, -0.1) is 6.42 Å². The Bertz CT molecular complexity index is 1280. The Morgan fingerprint density at radius 3 is 2.76 bits per heavy atom. The lowest BCUT2D eigenvalue weighted by Gasteiger charge is -2.32. The van der Waals surface area contributed by atoms with Gasteiger partial charge in [0.05, 0.1) is 23.9 Å². The van der Waals surface area contributed by atoms with Gasteiger partial charge in [-0.3, -0.25) is 14.7 Å². The maximum atomic E-state index is 13.1. The Kier molecular flexibility index (Phi) is 5.66. The zero-order valence-electron chi connectivity index (χ0n) is 19.2. The van der Waals surface area contributed by atoms with Crippen molar-refractivity contribution in [3.05, 3.63) is 47.9 Å². The number of aromatic nitrogens is 3. The average molecular weight is 462 g/mol. The number of anilines is 1. The molecule has 0 spiro atoms. The standard InChI is InChI=1S/C26H28N4O4/c1-3-26(32)12-10-19(11-13-26)29-16-18-14-21(24(34-4-2)15-20(18)28-29)27-25(31)23-7-5-6-22(30(23)33)17-8-9-17/h1,5-7,14-17,19,32H,4,8-13H2,2H3,(H-,27,31,33)/p+1. The summed E-state index contributed by atoms with van der Waals surface area (Å²) in [4.78, 5) is 13.1. The van der Waals surface area contributed by atoms with Crippen molar-refractivity contribution in [2.75, 3.05) is 11.9 Å². The number of hydrogen-bond donors (Lipinski definition) is 3. The summed E-state index contributed by atoms with van der Waals surface area (Å²) in [5.41, 5.74) is 1.17. The number of carbonyl (C=O) groups excluding carboxylic acids is 1. The lowest BCUT2D eigenvalue weighted by Crippen LogP contribution is -2.43. The van der Waals surface area contributed by atoms with Crippen LogP contribution in [0, 0.1) is 12.3 Å². The Morgan fingerprint density at radius 1 is 1.32 bits per heavy atom. The number of pyridine rings is 1. The zero-order chi connectivity index (χ0) is 23.9. The van der Waals surface area contributed by atoms with Crippen LogP contribution in [-0.2, 0) is 0 Å². The number of carbonyl (C=O) groups is 1. The molecule has 2 aliphatic rings. The van der Waals surface area contributed by atoms with Crippen molar-refractivity contribution in [3.63, 3.8) is 0 Å². The minimum atomic E-state index is -1.02. The maximum Gasteiger partial charge on any atom is 0.325 e. The van der Waals surface area contributed by atoms with Crippen LogP contribution < -0.4 is 14.8 Å². The first-order valence-electron chi connectivity index (χ1n) is 11.8. The van der Waals surface area contributed by atoms with Crippen molar-refractivity contribution in [3.8, 4) is 18.1 Å². The van der Waals surface area contributed by atoms with E-state index < -0.39 is 11.5 Å². The van der Waals surface area contributed by atoms with Crippen LogP contribution in [0.4, 0.5) is 5.69 Å². The molecule has 34 heavy (non-hydrogen) atoms. The van der Waals surface area contributed by atoms with E-state index >= 15 is 0 Å². The van der Waals surface area contributed by atoms with E-state index in [-0.39, 0.29) is 11.7 Å². The van der Waals surface area contributed by atoms with Crippen molar-refractivity contribution >= 4 is 22.5 Å². The van der Waals surface area contributed by atoms with Crippen molar-refractivity contribution < 1.29 is 24.6 Å². The second-order valence-electron chi connectivity index (χ2n) is 9.23. The molecule has 1 amide bonds. The largest absolute Gasteiger partial charge is 0.492 e. The molecule has 0 unspecified atom stereocenters. The number of amides is 1. The van der Waals surface area contributed by atoms with Crippen LogP contribution in [0.3, 0.4) is 0 Å². The minimum absolute atomic E-state index is 0.146. The molecular weight excluding hydrogens is 432 g/mol. The molecule has 0 bridgehead atoms. The summed E-state index contributed by atoms with van der Waals surface area (Å²) in [5, 5.41) is 29.4. The minimum Gasteiger partial charge on any atom is -0.492 e. The fourth-order valence-electron chi connectivity index (χ4n) is 4.68. The van der Waals surface area contributed by atoms with Crippen molar-refractivity contribution in [1.82, 2.24) is 9.78 Å². The van der Waals surface area contributed by atoms with Crippen LogP contribution in [-0.4, -0.2) is 38.2 Å². The van der Waals surface area contributed by atoms with Crippen molar-refractivity contribution in [1.29, 1.82) is 0 Å². The number of fused-ring (bicyclic) bond motifs is 1. The van der Waals surface area contributed by atoms with Gasteiger partial charge in [-0.2, -0.15) is 5.10 Å². The molecule has 2 heterocycles. The molecule has 0 radical (unpaired) electrons. The molecule has 2 saturated carbocycles. The van der Waals surface area contributed by atoms with Gasteiger partial charge >= 0.3 is 11.6 Å². The molecule has 2 fully saturated rings. The van der Waals surface area contributed by atoms with Crippen LogP contribution in [0.5, 0.6) is 5.75 Å². The highest BCUT2D eigenvalue weighted by molar-refractivity contribution is 6.04. The number of hydrogen-bond acceptors (Lipinski definition) is 5. The third-order valence-electron chi connectivity index (χ3n) is 6.82. The molecule has 5 rings (SSSR count). The highest BCUT2D eigenvalue weighted by Gasteiger charge is 2.36. The van der Waals surface area contributed by atoms with E-state index in [1.165, 1.54) is 0 Å². The van der Waals surface area contributed by atoms with Gasteiger partial charge < -0.3 is 15.2 Å². The first kappa shape index (κ1) is 22.2. The fraction of sp³-hybridized carbons (Fsp3) is 0.423. The quantitative estimate of drug-likeness (QED) is 0.296. The van der Waals surface area contributed by atoms with Gasteiger partial charge in [-0.1, -0.05) is 5.92 Å². The SMILES string of the molecule is C#CC1(O)CCC(n2cc3cc(NC(=O)c4cccc(C5CC5)[n+]4O)c(OCC)cc3n2)CC1. The maximum absolute atomic E-state index is 13.1. The van der Waals surface area contributed by atoms with E-state index in [2.05, 4.69) is 11.2 Å². The normalized spacial score (nSPS) is 22.3. The number of rotatable bonds is 6. The zero-order valence-corrected chi connectivity index (χ0v) is 19.2. The summed E-state index contributed by atoms with van der Waals surface area (Å²) in [5.74, 6) is 2.90. The van der Waals surface area contributed by atoms with E-state index in [9.17, 15) is 15.1 Å². The molecule has 1 aromatic carbocycles. The van der Waals surface area contributed by atoms with Gasteiger partial charge in [0.2, 0.25) is 5.69 Å². The Balaban J connectivity index is 1.42. The van der Waals surface area contributed by atoms with E-state index in [0.29, 0.717) is 36.8 Å². The van der Waals surface area contributed by atoms with Gasteiger partial charge in [-0.25, -0.2) is 0 Å². The Labute approximate surface area is 198 Å². The van der Waals surface area contributed by atoms with Crippen LogP contribution in [0.25, 0.3) is 10.9 Å². The molecule has 8 heteroatoms. The smallest absolute Gasteiger partial charge is 0.325 e. The van der Waals surface area contributed by atoms with Crippen LogP contribution in [0.15, 0.2) is 36.5 Å². The molecule has 0 saturated heterocycles. The predicted molar refractivity (Wildman–Crippen MR) is 126 cm³/mol. The molecule has 2 aliphatic carbocycles. The Morgan fingerprint density at radius 2 is 2.09 bits per heavy atom. The number of nitrogens with one attached hydrogen (secondary N) is 1. The molecule has 2 aromatic heterocycles. The fourth-order valence-corrected chi connectivity index (χ4v) is 4.68. The first-order valence-corrected chi connectivity index (χ1v) is 11.8.